The van der Waals surface area contributed by atoms with Gasteiger partial charge in [-0.15, -0.1) is 0 Å². The summed E-state index contributed by atoms with van der Waals surface area (Å²) >= 11 is 0. The number of para-hydroxylation sites is 1. The highest BCUT2D eigenvalue weighted by Gasteiger charge is 2.35. The number of ether oxygens (including phenoxy) is 1. The number of amides is 1. The smallest absolute Gasteiger partial charge is 0.306 e. The van der Waals surface area contributed by atoms with Crippen molar-refractivity contribution in [3.8, 4) is 5.75 Å². The maximum atomic E-state index is 12.0. The Morgan fingerprint density at radius 1 is 1.33 bits per heavy atom. The zero-order valence-corrected chi connectivity index (χ0v) is 10.1. The van der Waals surface area contributed by atoms with Gasteiger partial charge in [-0.1, -0.05) is 12.1 Å². The first-order valence-corrected chi connectivity index (χ1v) is 5.78. The molecule has 96 valence electrons. The lowest BCUT2D eigenvalue weighted by Gasteiger charge is -2.32. The molecule has 0 saturated heterocycles. The van der Waals surface area contributed by atoms with Crippen LogP contribution in [0.2, 0.25) is 0 Å². The number of rotatable bonds is 4. The number of nitrogens with one attached hydrogen (secondary N) is 1. The second-order valence-corrected chi connectivity index (χ2v) is 4.38. The third-order valence-corrected chi connectivity index (χ3v) is 3.17. The highest BCUT2D eigenvalue weighted by Crippen LogP contribution is 2.28. The van der Waals surface area contributed by atoms with Crippen LogP contribution in [0.4, 0.5) is 0 Å². The van der Waals surface area contributed by atoms with Crippen molar-refractivity contribution in [2.45, 2.75) is 18.9 Å². The molecule has 0 heterocycles. The zero-order valence-electron chi connectivity index (χ0n) is 10.1. The Labute approximate surface area is 105 Å². The third-order valence-electron chi connectivity index (χ3n) is 3.17. The van der Waals surface area contributed by atoms with Gasteiger partial charge in [0.1, 0.15) is 5.75 Å². The molecule has 1 aliphatic rings. The Bertz CT molecular complexity index is 466. The zero-order chi connectivity index (χ0) is 13.1. The van der Waals surface area contributed by atoms with E-state index in [1.807, 2.05) is 0 Å². The first kappa shape index (κ1) is 12.4. The average Bonchev–Trinajstić information content (AvgIpc) is 2.32. The monoisotopic (exact) mass is 249 g/mol. The normalized spacial score (nSPS) is 21.8. The van der Waals surface area contributed by atoms with Crippen LogP contribution in [-0.2, 0) is 4.79 Å². The predicted molar refractivity (Wildman–Crippen MR) is 64.6 cm³/mol. The number of hydrogen-bond donors (Lipinski definition) is 2. The molecule has 5 nitrogen and oxygen atoms in total. The Morgan fingerprint density at radius 3 is 2.61 bits per heavy atom. The van der Waals surface area contributed by atoms with Gasteiger partial charge in [-0.05, 0) is 25.0 Å². The summed E-state index contributed by atoms with van der Waals surface area (Å²) in [5, 5.41) is 11.6. The van der Waals surface area contributed by atoms with Crippen LogP contribution in [0.15, 0.2) is 24.3 Å². The SMILES string of the molecule is COc1ccccc1C(=O)NC1CC(C(=O)O)C1. The van der Waals surface area contributed by atoms with Crippen molar-refractivity contribution in [2.24, 2.45) is 5.92 Å². The molecule has 0 atom stereocenters. The molecule has 0 aromatic heterocycles. The molecule has 1 amide bonds. The van der Waals surface area contributed by atoms with Gasteiger partial charge in [-0.25, -0.2) is 0 Å². The summed E-state index contributed by atoms with van der Waals surface area (Å²) in [5.74, 6) is -0.823. The second kappa shape index (κ2) is 5.08. The van der Waals surface area contributed by atoms with Crippen LogP contribution in [0.5, 0.6) is 5.75 Å². The fourth-order valence-electron chi connectivity index (χ4n) is 2.03. The summed E-state index contributed by atoms with van der Waals surface area (Å²) in [6, 6.07) is 6.90. The fourth-order valence-corrected chi connectivity index (χ4v) is 2.03. The van der Waals surface area contributed by atoms with Crippen LogP contribution >= 0.6 is 0 Å². The van der Waals surface area contributed by atoms with Gasteiger partial charge in [0.2, 0.25) is 0 Å². The summed E-state index contributed by atoms with van der Waals surface area (Å²) < 4.78 is 5.10. The molecule has 5 heteroatoms. The van der Waals surface area contributed by atoms with Gasteiger partial charge >= 0.3 is 5.97 Å². The van der Waals surface area contributed by atoms with Crippen LogP contribution in [-0.4, -0.2) is 30.1 Å². The van der Waals surface area contributed by atoms with Crippen molar-refractivity contribution in [1.29, 1.82) is 0 Å². The first-order chi connectivity index (χ1) is 8.61. The van der Waals surface area contributed by atoms with E-state index in [0.717, 1.165) is 0 Å². The highest BCUT2D eigenvalue weighted by atomic mass is 16.5. The number of methoxy groups -OCH3 is 1. The molecule has 0 unspecified atom stereocenters. The molecule has 18 heavy (non-hydrogen) atoms. The van der Waals surface area contributed by atoms with Gasteiger partial charge in [-0.2, -0.15) is 0 Å². The van der Waals surface area contributed by atoms with Gasteiger partial charge in [-0.3, -0.25) is 9.59 Å². The van der Waals surface area contributed by atoms with Crippen LogP contribution < -0.4 is 10.1 Å². The number of carboxylic acid groups (broad SMARTS) is 1. The van der Waals surface area contributed by atoms with Gasteiger partial charge in [0.15, 0.2) is 0 Å². The Balaban J connectivity index is 1.95. The summed E-state index contributed by atoms with van der Waals surface area (Å²) in [6.07, 6.45) is 0.993. The maximum Gasteiger partial charge on any atom is 0.306 e. The van der Waals surface area contributed by atoms with Crippen molar-refractivity contribution < 1.29 is 19.4 Å². The fraction of sp³-hybridized carbons (Fsp3) is 0.385. The molecule has 1 fully saturated rings. The largest absolute Gasteiger partial charge is 0.496 e. The molecule has 0 radical (unpaired) electrons. The van der Waals surface area contributed by atoms with E-state index in [-0.39, 0.29) is 17.9 Å². The standard InChI is InChI=1S/C13H15NO4/c1-18-11-5-3-2-4-10(11)12(15)14-9-6-8(7-9)13(16)17/h2-5,8-9H,6-7H2,1H3,(H,14,15)(H,16,17). The van der Waals surface area contributed by atoms with Crippen molar-refractivity contribution in [1.82, 2.24) is 5.32 Å². The van der Waals surface area contributed by atoms with E-state index in [1.54, 1.807) is 24.3 Å². The van der Waals surface area contributed by atoms with Gasteiger partial charge in [0.05, 0.1) is 18.6 Å². The summed E-state index contributed by atoms with van der Waals surface area (Å²) in [4.78, 5) is 22.6. The van der Waals surface area contributed by atoms with E-state index in [1.165, 1.54) is 7.11 Å². The molecule has 2 rings (SSSR count). The first-order valence-electron chi connectivity index (χ1n) is 5.78. The highest BCUT2D eigenvalue weighted by molar-refractivity contribution is 5.97. The topological polar surface area (TPSA) is 75.6 Å². The van der Waals surface area contributed by atoms with E-state index in [9.17, 15) is 9.59 Å². The average molecular weight is 249 g/mol. The molecule has 1 saturated carbocycles. The number of carbonyl (C=O) groups excluding carboxylic acids is 1. The maximum absolute atomic E-state index is 12.0. The Morgan fingerprint density at radius 2 is 2.00 bits per heavy atom. The lowest BCUT2D eigenvalue weighted by molar-refractivity contribution is -0.145. The van der Waals surface area contributed by atoms with Crippen molar-refractivity contribution in [2.75, 3.05) is 7.11 Å². The molecule has 1 aromatic carbocycles. The van der Waals surface area contributed by atoms with E-state index < -0.39 is 5.97 Å². The van der Waals surface area contributed by atoms with Gasteiger partial charge in [0.25, 0.3) is 5.91 Å². The van der Waals surface area contributed by atoms with Crippen LogP contribution in [0.3, 0.4) is 0 Å². The van der Waals surface area contributed by atoms with E-state index in [0.29, 0.717) is 24.2 Å². The molecular formula is C13H15NO4. The minimum atomic E-state index is -0.794. The number of aliphatic carboxylic acids is 1. The molecule has 1 aromatic rings. The number of carboxylic acids is 1. The summed E-state index contributed by atoms with van der Waals surface area (Å²) in [6.45, 7) is 0. The molecule has 2 N–H and O–H groups in total. The molecule has 0 bridgehead atoms. The van der Waals surface area contributed by atoms with E-state index >= 15 is 0 Å². The summed E-state index contributed by atoms with van der Waals surface area (Å²) in [5.41, 5.74) is 0.471. The second-order valence-electron chi connectivity index (χ2n) is 4.38. The predicted octanol–water partition coefficient (Wildman–Crippen LogP) is 1.29. The number of hydrogen-bond acceptors (Lipinski definition) is 3. The molecule has 0 aliphatic heterocycles. The van der Waals surface area contributed by atoms with E-state index in [4.69, 9.17) is 9.84 Å². The van der Waals surface area contributed by atoms with Crippen LogP contribution in [0, 0.1) is 5.92 Å². The molecule has 1 aliphatic carbocycles. The third kappa shape index (κ3) is 2.45. The summed E-state index contributed by atoms with van der Waals surface area (Å²) in [7, 11) is 1.51. The van der Waals surface area contributed by atoms with Crippen molar-refractivity contribution in [3.05, 3.63) is 29.8 Å². The quantitative estimate of drug-likeness (QED) is 0.843. The minimum absolute atomic E-state index is 0.0523. The Hall–Kier alpha value is -2.04. The lowest BCUT2D eigenvalue weighted by atomic mass is 9.80. The van der Waals surface area contributed by atoms with Crippen LogP contribution in [0.25, 0.3) is 0 Å². The molecule has 0 spiro atoms. The lowest BCUT2D eigenvalue weighted by Crippen LogP contribution is -2.46. The number of carbonyl (C=O) groups is 2. The van der Waals surface area contributed by atoms with Crippen molar-refractivity contribution in [3.63, 3.8) is 0 Å². The van der Waals surface area contributed by atoms with Gasteiger partial charge < -0.3 is 15.2 Å². The Kier molecular flexibility index (Phi) is 3.50. The number of benzene rings is 1. The van der Waals surface area contributed by atoms with Gasteiger partial charge in [0, 0.05) is 6.04 Å². The molecular weight excluding hydrogens is 234 g/mol. The van der Waals surface area contributed by atoms with E-state index in [2.05, 4.69) is 5.32 Å². The van der Waals surface area contributed by atoms with Crippen LogP contribution in [0.1, 0.15) is 23.2 Å². The van der Waals surface area contributed by atoms with Crippen molar-refractivity contribution >= 4 is 11.9 Å². The minimum Gasteiger partial charge on any atom is -0.496 e.